The Morgan fingerprint density at radius 1 is 1.27 bits per heavy atom. The van der Waals surface area contributed by atoms with Gasteiger partial charge >= 0.3 is 6.18 Å². The Balaban J connectivity index is 3.08. The molecular weight excluding hydrogens is 234 g/mol. The minimum absolute atomic E-state index is 0.158. The molecule has 0 fully saturated rings. The molecule has 0 saturated carbocycles. The zero-order valence-corrected chi connectivity index (χ0v) is 8.33. The van der Waals surface area contributed by atoms with Gasteiger partial charge in [-0.05, 0) is 30.7 Å². The van der Waals surface area contributed by atoms with Gasteiger partial charge in [0.1, 0.15) is 5.82 Å². The van der Waals surface area contributed by atoms with Gasteiger partial charge in [0.2, 0.25) is 5.17 Å². The van der Waals surface area contributed by atoms with Gasteiger partial charge in [0.05, 0.1) is 5.69 Å². The minimum Gasteiger partial charge on any atom is -0.232 e. The Kier molecular flexibility index (Phi) is 3.34. The van der Waals surface area contributed by atoms with Crippen molar-refractivity contribution in [2.45, 2.75) is 13.1 Å². The summed E-state index contributed by atoms with van der Waals surface area (Å²) >= 11 is 4.90. The summed E-state index contributed by atoms with van der Waals surface area (Å²) in [6.45, 7) is 1.55. The van der Waals surface area contributed by atoms with E-state index < -0.39 is 17.2 Å². The third-order valence-electron chi connectivity index (χ3n) is 1.49. The molecule has 6 heteroatoms. The van der Waals surface area contributed by atoms with E-state index in [4.69, 9.17) is 11.6 Å². The first-order valence-electron chi connectivity index (χ1n) is 3.87. The lowest BCUT2D eigenvalue weighted by molar-refractivity contribution is -0.0558. The summed E-state index contributed by atoms with van der Waals surface area (Å²) in [7, 11) is 0. The van der Waals surface area contributed by atoms with Crippen molar-refractivity contribution in [1.82, 2.24) is 0 Å². The van der Waals surface area contributed by atoms with Crippen LogP contribution in [-0.4, -0.2) is 11.3 Å². The molecule has 1 aromatic carbocycles. The van der Waals surface area contributed by atoms with Gasteiger partial charge in [0.15, 0.2) is 0 Å². The van der Waals surface area contributed by atoms with Crippen LogP contribution in [0.25, 0.3) is 0 Å². The lowest BCUT2D eigenvalue weighted by atomic mass is 10.2. The van der Waals surface area contributed by atoms with E-state index in [1.165, 1.54) is 12.1 Å². The van der Waals surface area contributed by atoms with E-state index in [0.717, 1.165) is 6.07 Å². The van der Waals surface area contributed by atoms with Crippen LogP contribution in [0, 0.1) is 12.7 Å². The fraction of sp³-hybridized carbons (Fsp3) is 0.222. The van der Waals surface area contributed by atoms with E-state index in [-0.39, 0.29) is 5.69 Å². The number of aryl methyl sites for hydroxylation is 1. The van der Waals surface area contributed by atoms with Crippen molar-refractivity contribution < 1.29 is 17.6 Å². The predicted octanol–water partition coefficient (Wildman–Crippen LogP) is 3.97. The summed E-state index contributed by atoms with van der Waals surface area (Å²) < 4.78 is 48.7. The van der Waals surface area contributed by atoms with E-state index in [2.05, 4.69) is 4.99 Å². The van der Waals surface area contributed by atoms with Gasteiger partial charge in [0, 0.05) is 0 Å². The average Bonchev–Trinajstić information content (AvgIpc) is 1.99. The van der Waals surface area contributed by atoms with Crippen molar-refractivity contribution >= 4 is 22.5 Å². The smallest absolute Gasteiger partial charge is 0.232 e. The molecule has 1 nitrogen and oxygen atoms in total. The van der Waals surface area contributed by atoms with Crippen LogP contribution in [0.2, 0.25) is 0 Å². The Morgan fingerprint density at radius 2 is 1.87 bits per heavy atom. The quantitative estimate of drug-likeness (QED) is 0.519. The molecule has 0 bridgehead atoms. The maximum Gasteiger partial charge on any atom is 0.444 e. The molecule has 1 aromatic rings. The van der Waals surface area contributed by atoms with Crippen LogP contribution >= 0.6 is 11.6 Å². The van der Waals surface area contributed by atoms with E-state index in [1.54, 1.807) is 6.92 Å². The molecular formula is C9H6ClF4N. The second-order valence-electron chi connectivity index (χ2n) is 2.89. The SMILES string of the molecule is Cc1cc(F)cc(N=C(Cl)C(F)(F)F)c1. The molecule has 0 spiro atoms. The Morgan fingerprint density at radius 3 is 2.33 bits per heavy atom. The molecule has 0 N–H and O–H groups in total. The largest absolute Gasteiger partial charge is 0.444 e. The molecule has 0 saturated heterocycles. The monoisotopic (exact) mass is 239 g/mol. The number of rotatable bonds is 1. The van der Waals surface area contributed by atoms with Crippen molar-refractivity contribution in [3.05, 3.63) is 29.6 Å². The summed E-state index contributed by atoms with van der Waals surface area (Å²) in [6.07, 6.45) is -4.71. The highest BCUT2D eigenvalue weighted by Gasteiger charge is 2.34. The fourth-order valence-corrected chi connectivity index (χ4v) is 1.06. The van der Waals surface area contributed by atoms with Crippen LogP contribution < -0.4 is 0 Å². The second kappa shape index (κ2) is 4.18. The summed E-state index contributed by atoms with van der Waals surface area (Å²) in [5, 5.41) is -1.52. The van der Waals surface area contributed by atoms with Crippen molar-refractivity contribution in [2.24, 2.45) is 4.99 Å². The summed E-state index contributed by atoms with van der Waals surface area (Å²) in [4.78, 5) is 3.07. The molecule has 15 heavy (non-hydrogen) atoms. The molecule has 1 rings (SSSR count). The molecule has 0 aromatic heterocycles. The lowest BCUT2D eigenvalue weighted by Crippen LogP contribution is -2.16. The third-order valence-corrected chi connectivity index (χ3v) is 1.79. The highest BCUT2D eigenvalue weighted by Crippen LogP contribution is 2.24. The first-order valence-corrected chi connectivity index (χ1v) is 4.25. The van der Waals surface area contributed by atoms with Crippen molar-refractivity contribution in [2.75, 3.05) is 0 Å². The number of halogens is 5. The Bertz CT molecular complexity index is 377. The van der Waals surface area contributed by atoms with Gasteiger partial charge in [-0.2, -0.15) is 13.2 Å². The van der Waals surface area contributed by atoms with Crippen molar-refractivity contribution in [3.8, 4) is 0 Å². The van der Waals surface area contributed by atoms with Gasteiger partial charge in [-0.3, -0.25) is 0 Å². The number of nitrogens with zero attached hydrogens (tertiary/aromatic N) is 1. The second-order valence-corrected chi connectivity index (χ2v) is 3.25. The van der Waals surface area contributed by atoms with Gasteiger partial charge in [-0.1, -0.05) is 11.6 Å². The van der Waals surface area contributed by atoms with Crippen LogP contribution in [0.5, 0.6) is 0 Å². The highest BCUT2D eigenvalue weighted by atomic mass is 35.5. The third kappa shape index (κ3) is 3.51. The van der Waals surface area contributed by atoms with Gasteiger partial charge < -0.3 is 0 Å². The molecule has 0 unspecified atom stereocenters. The molecule has 0 amide bonds. The van der Waals surface area contributed by atoms with E-state index >= 15 is 0 Å². The molecule has 0 radical (unpaired) electrons. The number of aliphatic imine (C=N–C) groups is 1. The summed E-state index contributed by atoms with van der Waals surface area (Å²) in [6, 6.07) is 3.36. The van der Waals surface area contributed by atoms with Crippen LogP contribution in [0.4, 0.5) is 23.2 Å². The summed E-state index contributed by atoms with van der Waals surface area (Å²) in [5.74, 6) is -0.652. The zero-order valence-electron chi connectivity index (χ0n) is 7.57. The standard InChI is InChI=1S/C9H6ClF4N/c1-5-2-6(11)4-7(3-5)15-8(10)9(12,13)14/h2-4H,1H3. The van der Waals surface area contributed by atoms with Crippen LogP contribution in [0.15, 0.2) is 23.2 Å². The predicted molar refractivity (Wildman–Crippen MR) is 50.1 cm³/mol. The molecule has 0 aliphatic carbocycles. The molecule has 82 valence electrons. The van der Waals surface area contributed by atoms with Crippen molar-refractivity contribution in [1.29, 1.82) is 0 Å². The Labute approximate surface area is 88.4 Å². The summed E-state index contributed by atoms with van der Waals surface area (Å²) in [5.41, 5.74) is 0.315. The van der Waals surface area contributed by atoms with Gasteiger partial charge in [-0.25, -0.2) is 9.38 Å². The van der Waals surface area contributed by atoms with Crippen LogP contribution in [-0.2, 0) is 0 Å². The first-order chi connectivity index (χ1) is 6.79. The number of hydrogen-bond donors (Lipinski definition) is 0. The van der Waals surface area contributed by atoms with Crippen molar-refractivity contribution in [3.63, 3.8) is 0 Å². The fourth-order valence-electron chi connectivity index (χ4n) is 0.958. The number of alkyl halides is 3. The van der Waals surface area contributed by atoms with E-state index in [9.17, 15) is 17.6 Å². The van der Waals surface area contributed by atoms with Gasteiger partial charge in [-0.15, -0.1) is 0 Å². The topological polar surface area (TPSA) is 12.4 Å². The van der Waals surface area contributed by atoms with Crippen LogP contribution in [0.1, 0.15) is 5.56 Å². The zero-order chi connectivity index (χ0) is 11.6. The molecule has 0 heterocycles. The van der Waals surface area contributed by atoms with E-state index in [1.807, 2.05) is 0 Å². The van der Waals surface area contributed by atoms with Gasteiger partial charge in [0.25, 0.3) is 0 Å². The van der Waals surface area contributed by atoms with Crippen LogP contribution in [0.3, 0.4) is 0 Å². The molecule has 0 atom stereocenters. The maximum absolute atomic E-state index is 12.8. The number of benzene rings is 1. The average molecular weight is 240 g/mol. The normalized spacial score (nSPS) is 13.1. The Hall–Kier alpha value is -1.10. The molecule has 0 aliphatic heterocycles. The maximum atomic E-state index is 12.8. The first kappa shape index (κ1) is 12.0. The minimum atomic E-state index is -4.71. The van der Waals surface area contributed by atoms with E-state index in [0.29, 0.717) is 5.56 Å². The number of hydrogen-bond acceptors (Lipinski definition) is 1. The highest BCUT2D eigenvalue weighted by molar-refractivity contribution is 6.67. The lowest BCUT2D eigenvalue weighted by Gasteiger charge is -2.03. The molecule has 0 aliphatic rings.